The molecular weight excluding hydrogens is 380 g/mol. The number of rotatable bonds is 3. The molecule has 0 amide bonds. The lowest BCUT2D eigenvalue weighted by Gasteiger charge is -2.26. The predicted molar refractivity (Wildman–Crippen MR) is 108 cm³/mol. The number of sulfone groups is 1. The van der Waals surface area contributed by atoms with Gasteiger partial charge in [0.25, 0.3) is 0 Å². The lowest BCUT2D eigenvalue weighted by Crippen LogP contribution is -2.33. The Labute approximate surface area is 162 Å². The van der Waals surface area contributed by atoms with Crippen molar-refractivity contribution in [3.8, 4) is 11.4 Å². The zero-order chi connectivity index (χ0) is 18.6. The van der Waals surface area contributed by atoms with Crippen LogP contribution < -0.4 is 4.90 Å². The van der Waals surface area contributed by atoms with Crippen molar-refractivity contribution in [3.05, 3.63) is 35.0 Å². The molecule has 1 fully saturated rings. The Morgan fingerprint density at radius 3 is 2.89 bits per heavy atom. The lowest BCUT2D eigenvalue weighted by atomic mass is 10.1. The summed E-state index contributed by atoms with van der Waals surface area (Å²) in [6.07, 6.45) is 7.47. The van der Waals surface area contributed by atoms with Crippen LogP contribution in [0.2, 0.25) is 0 Å². The van der Waals surface area contributed by atoms with Crippen molar-refractivity contribution in [1.29, 1.82) is 0 Å². The molecule has 0 unspecified atom stereocenters. The third-order valence-electron chi connectivity index (χ3n) is 5.56. The summed E-state index contributed by atoms with van der Waals surface area (Å²) in [5.74, 6) is 1.97. The molecule has 0 saturated carbocycles. The van der Waals surface area contributed by atoms with E-state index in [0.717, 1.165) is 34.4 Å². The fraction of sp³-hybridized carbons (Fsp3) is 0.421. The van der Waals surface area contributed by atoms with Crippen LogP contribution in [0.25, 0.3) is 21.6 Å². The number of pyridine rings is 1. The Morgan fingerprint density at radius 2 is 2.15 bits per heavy atom. The molecule has 1 saturated heterocycles. The van der Waals surface area contributed by atoms with Gasteiger partial charge in [0.2, 0.25) is 0 Å². The van der Waals surface area contributed by atoms with E-state index in [0.29, 0.717) is 12.2 Å². The van der Waals surface area contributed by atoms with E-state index in [9.17, 15) is 8.42 Å². The van der Waals surface area contributed by atoms with Crippen LogP contribution in [-0.2, 0) is 22.7 Å². The maximum absolute atomic E-state index is 12.0. The highest BCUT2D eigenvalue weighted by Gasteiger charge is 2.33. The Bertz CT molecular complexity index is 1130. The second-order valence-electron chi connectivity index (χ2n) is 7.32. The van der Waals surface area contributed by atoms with Gasteiger partial charge in [0.05, 0.1) is 16.9 Å². The molecule has 4 heterocycles. The molecule has 0 radical (unpaired) electrons. The molecular formula is C19H20N4O2S2. The van der Waals surface area contributed by atoms with Gasteiger partial charge in [-0.2, -0.15) is 0 Å². The van der Waals surface area contributed by atoms with E-state index < -0.39 is 9.84 Å². The van der Waals surface area contributed by atoms with Crippen LogP contribution in [0.4, 0.5) is 5.82 Å². The highest BCUT2D eigenvalue weighted by molar-refractivity contribution is 7.91. The fourth-order valence-corrected chi connectivity index (χ4v) is 7.14. The summed E-state index contributed by atoms with van der Waals surface area (Å²) in [7, 11) is -0.983. The van der Waals surface area contributed by atoms with Gasteiger partial charge >= 0.3 is 0 Å². The summed E-state index contributed by atoms with van der Waals surface area (Å²) in [5, 5.41) is 1.12. The topological polar surface area (TPSA) is 76.1 Å². The van der Waals surface area contributed by atoms with Gasteiger partial charge in [-0.15, -0.1) is 11.3 Å². The normalized spacial score (nSPS) is 20.9. The molecule has 1 aliphatic carbocycles. The first-order valence-electron chi connectivity index (χ1n) is 9.18. The van der Waals surface area contributed by atoms with Crippen LogP contribution in [-0.4, -0.2) is 48.0 Å². The van der Waals surface area contributed by atoms with E-state index in [1.165, 1.54) is 16.9 Å². The molecule has 27 heavy (non-hydrogen) atoms. The van der Waals surface area contributed by atoms with E-state index in [4.69, 9.17) is 9.97 Å². The van der Waals surface area contributed by atoms with Crippen LogP contribution in [0.5, 0.6) is 0 Å². The summed E-state index contributed by atoms with van der Waals surface area (Å²) in [4.78, 5) is 18.4. The molecule has 8 heteroatoms. The van der Waals surface area contributed by atoms with Crippen molar-refractivity contribution in [2.75, 3.05) is 23.5 Å². The maximum Gasteiger partial charge on any atom is 0.164 e. The number of thiophene rings is 1. The van der Waals surface area contributed by atoms with Crippen molar-refractivity contribution < 1.29 is 8.42 Å². The molecule has 1 atom stereocenters. The summed E-state index contributed by atoms with van der Waals surface area (Å²) in [6, 6.07) is 3.80. The highest BCUT2D eigenvalue weighted by atomic mass is 32.2. The van der Waals surface area contributed by atoms with Gasteiger partial charge in [-0.3, -0.25) is 4.98 Å². The molecule has 0 spiro atoms. The van der Waals surface area contributed by atoms with Gasteiger partial charge in [0.1, 0.15) is 10.6 Å². The molecule has 0 N–H and O–H groups in total. The number of hydrogen-bond acceptors (Lipinski definition) is 7. The fourth-order valence-electron chi connectivity index (χ4n) is 4.11. The maximum atomic E-state index is 12.0. The molecule has 1 aliphatic heterocycles. The summed E-state index contributed by atoms with van der Waals surface area (Å²) >= 11 is 1.75. The highest BCUT2D eigenvalue weighted by Crippen LogP contribution is 2.42. The zero-order valence-corrected chi connectivity index (χ0v) is 16.7. The summed E-state index contributed by atoms with van der Waals surface area (Å²) in [5.41, 5.74) is 2.23. The van der Waals surface area contributed by atoms with Crippen LogP contribution in [0, 0.1) is 0 Å². The smallest absolute Gasteiger partial charge is 0.164 e. The monoisotopic (exact) mass is 400 g/mol. The first-order valence-corrected chi connectivity index (χ1v) is 11.8. The van der Waals surface area contributed by atoms with Crippen molar-refractivity contribution in [3.63, 3.8) is 0 Å². The third-order valence-corrected chi connectivity index (χ3v) is 8.49. The SMILES string of the molecule is CN(c1nc(-c2cccnc2)nc2sc3c(c12)CCC3)[C@H]1CCS(=O)(=O)C1. The number of aromatic nitrogens is 3. The van der Waals surface area contributed by atoms with Gasteiger partial charge in [0.15, 0.2) is 15.7 Å². The van der Waals surface area contributed by atoms with Crippen LogP contribution in [0.15, 0.2) is 24.5 Å². The van der Waals surface area contributed by atoms with Gasteiger partial charge in [-0.1, -0.05) is 0 Å². The van der Waals surface area contributed by atoms with Gasteiger partial charge in [-0.25, -0.2) is 18.4 Å². The summed E-state index contributed by atoms with van der Waals surface area (Å²) < 4.78 is 24.0. The number of nitrogens with zero attached hydrogens (tertiary/aromatic N) is 4. The molecule has 0 aromatic carbocycles. The second-order valence-corrected chi connectivity index (χ2v) is 10.6. The van der Waals surface area contributed by atoms with E-state index in [1.54, 1.807) is 23.7 Å². The number of fused-ring (bicyclic) bond motifs is 3. The minimum atomic E-state index is -2.95. The predicted octanol–water partition coefficient (Wildman–Crippen LogP) is 2.87. The third kappa shape index (κ3) is 2.91. The van der Waals surface area contributed by atoms with E-state index >= 15 is 0 Å². The number of aryl methyl sites for hydroxylation is 2. The van der Waals surface area contributed by atoms with Crippen molar-refractivity contribution in [1.82, 2.24) is 15.0 Å². The van der Waals surface area contributed by atoms with Gasteiger partial charge in [-0.05, 0) is 43.4 Å². The van der Waals surface area contributed by atoms with E-state index in [1.807, 2.05) is 19.2 Å². The molecule has 140 valence electrons. The average molecular weight is 401 g/mol. The number of hydrogen-bond donors (Lipinski definition) is 0. The van der Waals surface area contributed by atoms with Crippen molar-refractivity contribution in [2.24, 2.45) is 0 Å². The van der Waals surface area contributed by atoms with Crippen LogP contribution >= 0.6 is 11.3 Å². The first-order chi connectivity index (χ1) is 13.0. The van der Waals surface area contributed by atoms with Gasteiger partial charge in [0, 0.05) is 35.9 Å². The lowest BCUT2D eigenvalue weighted by molar-refractivity contribution is 0.600. The van der Waals surface area contributed by atoms with Crippen molar-refractivity contribution >= 4 is 37.2 Å². The van der Waals surface area contributed by atoms with Gasteiger partial charge < -0.3 is 4.90 Å². The summed E-state index contributed by atoms with van der Waals surface area (Å²) in [6.45, 7) is 0. The zero-order valence-electron chi connectivity index (χ0n) is 15.1. The van der Waals surface area contributed by atoms with Crippen LogP contribution in [0.3, 0.4) is 0 Å². The van der Waals surface area contributed by atoms with Crippen molar-refractivity contribution in [2.45, 2.75) is 31.7 Å². The van der Waals surface area contributed by atoms with E-state index in [2.05, 4.69) is 9.88 Å². The Kier molecular flexibility index (Phi) is 3.94. The van der Waals surface area contributed by atoms with E-state index in [-0.39, 0.29) is 17.5 Å². The van der Waals surface area contributed by atoms with Crippen LogP contribution in [0.1, 0.15) is 23.3 Å². The first kappa shape index (κ1) is 17.1. The standard InChI is InChI=1S/C19H20N4O2S2/c1-23(13-7-9-27(24,25)11-13)18-16-14-5-2-6-15(14)26-19(16)22-17(21-18)12-4-3-8-20-10-12/h3-4,8,10,13H,2,5-7,9,11H2,1H3/t13-/m0/s1. The Morgan fingerprint density at radius 1 is 1.26 bits per heavy atom. The molecule has 0 bridgehead atoms. The Balaban J connectivity index is 1.69. The largest absolute Gasteiger partial charge is 0.355 e. The minimum absolute atomic E-state index is 0.0354. The molecule has 6 nitrogen and oxygen atoms in total. The molecule has 2 aliphatic rings. The molecule has 5 rings (SSSR count). The minimum Gasteiger partial charge on any atom is -0.355 e. The Hall–Kier alpha value is -2.06. The average Bonchev–Trinajstić information content (AvgIpc) is 3.34. The molecule has 3 aromatic heterocycles. The quantitative estimate of drug-likeness (QED) is 0.673. The second kappa shape index (κ2) is 6.24. The number of anilines is 1. The molecule has 3 aromatic rings.